The molecule has 1 amide bonds. The van der Waals surface area contributed by atoms with Gasteiger partial charge in [-0.3, -0.25) is 9.59 Å². The number of nitrogens with one attached hydrogen (secondary N) is 1. The molecular weight excluding hydrogens is 220 g/mol. The SMILES string of the molecule is CC(C)(C)N(CC(=O)O)C(=O)[C@H]1CCCNC1. The van der Waals surface area contributed by atoms with Gasteiger partial charge in [-0.05, 0) is 40.2 Å². The molecule has 17 heavy (non-hydrogen) atoms. The van der Waals surface area contributed by atoms with Crippen molar-refractivity contribution in [3.05, 3.63) is 0 Å². The van der Waals surface area contributed by atoms with E-state index in [1.807, 2.05) is 20.8 Å². The standard InChI is InChI=1S/C12H22N2O3/c1-12(2,3)14(8-10(15)16)11(17)9-5-4-6-13-7-9/h9,13H,4-8H2,1-3H3,(H,15,16)/t9-/m0/s1. The van der Waals surface area contributed by atoms with E-state index in [1.54, 1.807) is 0 Å². The van der Waals surface area contributed by atoms with Crippen LogP contribution in [0.5, 0.6) is 0 Å². The Balaban J connectivity index is 2.74. The topological polar surface area (TPSA) is 69.6 Å². The number of carboxylic acid groups (broad SMARTS) is 1. The smallest absolute Gasteiger partial charge is 0.323 e. The molecule has 1 heterocycles. The van der Waals surface area contributed by atoms with Crippen molar-refractivity contribution < 1.29 is 14.7 Å². The van der Waals surface area contributed by atoms with Crippen molar-refractivity contribution >= 4 is 11.9 Å². The highest BCUT2D eigenvalue weighted by Gasteiger charge is 2.33. The lowest BCUT2D eigenvalue weighted by atomic mass is 9.95. The molecule has 0 unspecified atom stereocenters. The summed E-state index contributed by atoms with van der Waals surface area (Å²) >= 11 is 0. The molecule has 0 aromatic carbocycles. The minimum atomic E-state index is -0.961. The third-order valence-corrected chi connectivity index (χ3v) is 3.02. The summed E-state index contributed by atoms with van der Waals surface area (Å²) in [5, 5.41) is 12.1. The number of rotatable bonds is 3. The monoisotopic (exact) mass is 242 g/mol. The minimum absolute atomic E-state index is 0.0490. The fraction of sp³-hybridized carbons (Fsp3) is 0.833. The van der Waals surface area contributed by atoms with Crippen LogP contribution >= 0.6 is 0 Å². The number of hydrogen-bond donors (Lipinski definition) is 2. The van der Waals surface area contributed by atoms with E-state index in [0.717, 1.165) is 19.4 Å². The summed E-state index contributed by atoms with van der Waals surface area (Å²) in [7, 11) is 0. The van der Waals surface area contributed by atoms with Crippen molar-refractivity contribution in [1.82, 2.24) is 10.2 Å². The molecule has 2 N–H and O–H groups in total. The first-order chi connectivity index (χ1) is 7.82. The number of aliphatic carboxylic acids is 1. The van der Waals surface area contributed by atoms with Gasteiger partial charge in [0.15, 0.2) is 0 Å². The molecule has 1 fully saturated rings. The number of nitrogens with zero attached hydrogens (tertiary/aromatic N) is 1. The summed E-state index contributed by atoms with van der Waals surface area (Å²) < 4.78 is 0. The lowest BCUT2D eigenvalue weighted by Crippen LogP contribution is -2.52. The Labute approximate surface area is 102 Å². The van der Waals surface area contributed by atoms with Crippen LogP contribution in [0.25, 0.3) is 0 Å². The minimum Gasteiger partial charge on any atom is -0.480 e. The van der Waals surface area contributed by atoms with Crippen molar-refractivity contribution in [3.8, 4) is 0 Å². The molecule has 1 aliphatic heterocycles. The highest BCUT2D eigenvalue weighted by Crippen LogP contribution is 2.20. The van der Waals surface area contributed by atoms with Gasteiger partial charge in [0.2, 0.25) is 5.91 Å². The second-order valence-electron chi connectivity index (χ2n) is 5.53. The predicted octanol–water partition coefficient (Wildman–Crippen LogP) is 0.698. The molecule has 0 aliphatic carbocycles. The summed E-state index contributed by atoms with van der Waals surface area (Å²) in [5.41, 5.74) is -0.451. The van der Waals surface area contributed by atoms with Crippen LogP contribution < -0.4 is 5.32 Å². The maximum Gasteiger partial charge on any atom is 0.323 e. The molecule has 0 bridgehead atoms. The van der Waals surface area contributed by atoms with E-state index < -0.39 is 11.5 Å². The van der Waals surface area contributed by atoms with Gasteiger partial charge in [-0.15, -0.1) is 0 Å². The fourth-order valence-corrected chi connectivity index (χ4v) is 2.06. The van der Waals surface area contributed by atoms with Gasteiger partial charge in [0.25, 0.3) is 0 Å². The molecular formula is C12H22N2O3. The summed E-state index contributed by atoms with van der Waals surface area (Å²) in [6.45, 7) is 6.97. The van der Waals surface area contributed by atoms with Crippen LogP contribution in [0.1, 0.15) is 33.6 Å². The van der Waals surface area contributed by atoms with Gasteiger partial charge in [-0.25, -0.2) is 0 Å². The van der Waals surface area contributed by atoms with Gasteiger partial charge in [-0.2, -0.15) is 0 Å². The van der Waals surface area contributed by atoms with Gasteiger partial charge >= 0.3 is 5.97 Å². The Morgan fingerprint density at radius 1 is 1.41 bits per heavy atom. The summed E-state index contributed by atoms with van der Waals surface area (Å²) in [6.07, 6.45) is 1.82. The highest BCUT2D eigenvalue weighted by molar-refractivity contribution is 5.84. The first-order valence-corrected chi connectivity index (χ1v) is 6.06. The molecule has 1 aliphatic rings. The zero-order valence-corrected chi connectivity index (χ0v) is 10.8. The average molecular weight is 242 g/mol. The van der Waals surface area contributed by atoms with Crippen LogP contribution in [0.2, 0.25) is 0 Å². The Kier molecular flexibility index (Phi) is 4.51. The van der Waals surface area contributed by atoms with Crippen LogP contribution in [0.3, 0.4) is 0 Å². The molecule has 98 valence electrons. The number of hydrogen-bond acceptors (Lipinski definition) is 3. The molecule has 0 radical (unpaired) electrons. The first kappa shape index (κ1) is 14.0. The van der Waals surface area contributed by atoms with Crippen molar-refractivity contribution in [3.63, 3.8) is 0 Å². The first-order valence-electron chi connectivity index (χ1n) is 6.06. The van der Waals surface area contributed by atoms with Crippen LogP contribution in [0.15, 0.2) is 0 Å². The second kappa shape index (κ2) is 5.49. The second-order valence-corrected chi connectivity index (χ2v) is 5.53. The quantitative estimate of drug-likeness (QED) is 0.764. The zero-order chi connectivity index (χ0) is 13.1. The van der Waals surface area contributed by atoms with E-state index >= 15 is 0 Å². The molecule has 1 rings (SSSR count). The summed E-state index contributed by atoms with van der Waals surface area (Å²) in [5.74, 6) is -1.09. The lowest BCUT2D eigenvalue weighted by molar-refractivity contribution is -0.150. The highest BCUT2D eigenvalue weighted by atomic mass is 16.4. The van der Waals surface area contributed by atoms with Crippen molar-refractivity contribution in [1.29, 1.82) is 0 Å². The molecule has 5 heteroatoms. The summed E-state index contributed by atoms with van der Waals surface area (Å²) in [6, 6.07) is 0. The molecule has 0 aromatic rings. The van der Waals surface area contributed by atoms with Crippen molar-refractivity contribution in [2.75, 3.05) is 19.6 Å². The van der Waals surface area contributed by atoms with E-state index in [0.29, 0.717) is 6.54 Å². The number of carbonyl (C=O) groups is 2. The van der Waals surface area contributed by atoms with Crippen LogP contribution in [0, 0.1) is 5.92 Å². The maximum absolute atomic E-state index is 12.3. The van der Waals surface area contributed by atoms with Crippen molar-refractivity contribution in [2.45, 2.75) is 39.2 Å². The molecule has 1 saturated heterocycles. The molecule has 0 saturated carbocycles. The Morgan fingerprint density at radius 3 is 2.47 bits per heavy atom. The van der Waals surface area contributed by atoms with Gasteiger partial charge in [0.05, 0.1) is 5.92 Å². The van der Waals surface area contributed by atoms with E-state index in [2.05, 4.69) is 5.32 Å². The van der Waals surface area contributed by atoms with E-state index in [9.17, 15) is 9.59 Å². The predicted molar refractivity (Wildman–Crippen MR) is 64.7 cm³/mol. The maximum atomic E-state index is 12.3. The number of amides is 1. The number of carboxylic acids is 1. The van der Waals surface area contributed by atoms with Crippen LogP contribution in [0.4, 0.5) is 0 Å². The van der Waals surface area contributed by atoms with Gasteiger partial charge < -0.3 is 15.3 Å². The Bertz CT molecular complexity index is 291. The van der Waals surface area contributed by atoms with Gasteiger partial charge in [-0.1, -0.05) is 0 Å². The molecule has 5 nitrogen and oxygen atoms in total. The normalized spacial score (nSPS) is 21.0. The number of piperidine rings is 1. The van der Waals surface area contributed by atoms with Crippen LogP contribution in [-0.4, -0.2) is 47.1 Å². The fourth-order valence-electron chi connectivity index (χ4n) is 2.06. The van der Waals surface area contributed by atoms with E-state index in [1.165, 1.54) is 4.90 Å². The van der Waals surface area contributed by atoms with E-state index in [-0.39, 0.29) is 18.4 Å². The third kappa shape index (κ3) is 4.00. The summed E-state index contributed by atoms with van der Waals surface area (Å²) in [4.78, 5) is 24.6. The van der Waals surface area contributed by atoms with Gasteiger partial charge in [0.1, 0.15) is 6.54 Å². The van der Waals surface area contributed by atoms with Gasteiger partial charge in [0, 0.05) is 12.1 Å². The van der Waals surface area contributed by atoms with Crippen LogP contribution in [-0.2, 0) is 9.59 Å². The Hall–Kier alpha value is -1.10. The van der Waals surface area contributed by atoms with Crippen molar-refractivity contribution in [2.24, 2.45) is 5.92 Å². The molecule has 0 spiro atoms. The third-order valence-electron chi connectivity index (χ3n) is 3.02. The number of carbonyl (C=O) groups excluding carboxylic acids is 1. The largest absolute Gasteiger partial charge is 0.480 e. The lowest BCUT2D eigenvalue weighted by Gasteiger charge is -2.37. The average Bonchev–Trinajstić information content (AvgIpc) is 2.24. The Morgan fingerprint density at radius 2 is 2.06 bits per heavy atom. The molecule has 1 atom stereocenters. The van der Waals surface area contributed by atoms with E-state index in [4.69, 9.17) is 5.11 Å². The molecule has 0 aromatic heterocycles. The zero-order valence-electron chi connectivity index (χ0n) is 10.8.